The number of carbonyl (C=O) groups excluding carboxylic acids is 2. The van der Waals surface area contributed by atoms with Gasteiger partial charge in [-0.1, -0.05) is 19.9 Å². The summed E-state index contributed by atoms with van der Waals surface area (Å²) < 4.78 is 13.6. The molecule has 0 aliphatic carbocycles. The molecule has 7 nitrogen and oxygen atoms in total. The number of benzene rings is 2. The normalized spacial score (nSPS) is 23.9. The van der Waals surface area contributed by atoms with Gasteiger partial charge in [0.15, 0.2) is 0 Å². The van der Waals surface area contributed by atoms with Gasteiger partial charge >= 0.3 is 0 Å². The van der Waals surface area contributed by atoms with Crippen molar-refractivity contribution in [2.75, 3.05) is 42.9 Å². The van der Waals surface area contributed by atoms with Crippen LogP contribution in [0, 0.1) is 11.7 Å². The number of phenols is 1. The molecular weight excluding hydrogens is 447 g/mol. The number of phenolic OH excluding ortho intramolecular Hbond substituents is 1. The van der Waals surface area contributed by atoms with E-state index in [-0.39, 0.29) is 47.3 Å². The number of halogens is 1. The minimum absolute atomic E-state index is 0.0497. The molecule has 2 N–H and O–H groups in total. The third kappa shape index (κ3) is 4.85. The average molecular weight is 481 g/mol. The van der Waals surface area contributed by atoms with E-state index >= 15 is 0 Å². The molecule has 3 aliphatic rings. The van der Waals surface area contributed by atoms with E-state index in [0.29, 0.717) is 38.3 Å². The Hall–Kier alpha value is -3.13. The number of carbonyl (C=O) groups is 2. The minimum atomic E-state index is -0.239. The number of nitrogens with one attached hydrogen (secondary N) is 1. The van der Waals surface area contributed by atoms with E-state index in [0.717, 1.165) is 24.2 Å². The number of aromatic hydroxyl groups is 1. The number of piperazine rings is 1. The van der Waals surface area contributed by atoms with Crippen LogP contribution in [0.3, 0.4) is 0 Å². The van der Waals surface area contributed by atoms with Crippen molar-refractivity contribution in [1.82, 2.24) is 9.80 Å². The highest BCUT2D eigenvalue weighted by Crippen LogP contribution is 2.35. The van der Waals surface area contributed by atoms with Crippen LogP contribution < -0.4 is 10.2 Å². The first-order valence-electron chi connectivity index (χ1n) is 12.5. The molecule has 2 amide bonds. The van der Waals surface area contributed by atoms with E-state index in [2.05, 4.69) is 15.1 Å². The standard InChI is InChI=1S/C27H33FN4O3/c1-17(2)24-11-20(6-7-25(24)33)29-27(35)18-8-9-30(13-18)16-26(34)32-15-22-12-23(32)14-31(22)21-5-3-4-19(28)10-21/h3-7,10-11,17-18,22-23,33H,8-9,12-16H2,1-2H3,(H,29,35)/t18-,22-,23-/m1/s1. The number of amides is 2. The molecule has 0 aromatic heterocycles. The molecule has 5 rings (SSSR count). The van der Waals surface area contributed by atoms with Gasteiger partial charge in [0.05, 0.1) is 18.5 Å². The topological polar surface area (TPSA) is 76.1 Å². The van der Waals surface area contributed by atoms with Crippen molar-refractivity contribution < 1.29 is 19.1 Å². The molecule has 8 heteroatoms. The fraction of sp³-hybridized carbons (Fsp3) is 0.481. The van der Waals surface area contributed by atoms with Crippen molar-refractivity contribution in [1.29, 1.82) is 0 Å². The van der Waals surface area contributed by atoms with Gasteiger partial charge < -0.3 is 20.2 Å². The summed E-state index contributed by atoms with van der Waals surface area (Å²) >= 11 is 0. The third-order valence-electron chi connectivity index (χ3n) is 7.62. The Morgan fingerprint density at radius 2 is 1.94 bits per heavy atom. The van der Waals surface area contributed by atoms with Crippen molar-refractivity contribution in [2.45, 2.75) is 44.7 Å². The van der Waals surface area contributed by atoms with Crippen LogP contribution in [0.2, 0.25) is 0 Å². The van der Waals surface area contributed by atoms with Gasteiger partial charge in [-0.3, -0.25) is 14.5 Å². The van der Waals surface area contributed by atoms with Gasteiger partial charge in [-0.05, 0) is 67.3 Å². The number of rotatable bonds is 6. The predicted molar refractivity (Wildman–Crippen MR) is 133 cm³/mol. The van der Waals surface area contributed by atoms with Crippen molar-refractivity contribution in [3.8, 4) is 5.75 Å². The summed E-state index contributed by atoms with van der Waals surface area (Å²) in [6, 6.07) is 12.2. The first-order valence-corrected chi connectivity index (χ1v) is 12.5. The van der Waals surface area contributed by atoms with Gasteiger partial charge in [0.2, 0.25) is 11.8 Å². The highest BCUT2D eigenvalue weighted by atomic mass is 19.1. The highest BCUT2D eigenvalue weighted by molar-refractivity contribution is 5.93. The highest BCUT2D eigenvalue weighted by Gasteiger charge is 2.45. The van der Waals surface area contributed by atoms with Crippen LogP contribution in [0.25, 0.3) is 0 Å². The maximum Gasteiger partial charge on any atom is 0.237 e. The molecule has 0 spiro atoms. The molecule has 3 fully saturated rings. The average Bonchev–Trinajstić information content (AvgIpc) is 3.56. The molecule has 2 bridgehead atoms. The summed E-state index contributed by atoms with van der Waals surface area (Å²) in [5.41, 5.74) is 2.37. The Morgan fingerprint density at radius 1 is 1.11 bits per heavy atom. The molecule has 186 valence electrons. The van der Waals surface area contributed by atoms with E-state index < -0.39 is 0 Å². The van der Waals surface area contributed by atoms with Crippen molar-refractivity contribution >= 4 is 23.2 Å². The number of nitrogens with zero attached hydrogens (tertiary/aromatic N) is 3. The summed E-state index contributed by atoms with van der Waals surface area (Å²) in [4.78, 5) is 32.2. The molecule has 3 saturated heterocycles. The molecule has 0 radical (unpaired) electrons. The molecule has 35 heavy (non-hydrogen) atoms. The van der Waals surface area contributed by atoms with Crippen LogP contribution in [-0.4, -0.2) is 71.5 Å². The first kappa shape index (κ1) is 23.6. The van der Waals surface area contributed by atoms with E-state index in [4.69, 9.17) is 0 Å². The van der Waals surface area contributed by atoms with Crippen molar-refractivity contribution in [3.05, 3.63) is 53.8 Å². The lowest BCUT2D eigenvalue weighted by Crippen LogP contribution is -2.51. The van der Waals surface area contributed by atoms with Gasteiger partial charge in [-0.25, -0.2) is 4.39 Å². The number of hydrogen-bond acceptors (Lipinski definition) is 5. The zero-order valence-electron chi connectivity index (χ0n) is 20.3. The van der Waals surface area contributed by atoms with Crippen LogP contribution >= 0.6 is 0 Å². The molecular formula is C27H33FN4O3. The van der Waals surface area contributed by atoms with E-state index in [9.17, 15) is 19.1 Å². The molecule has 3 atom stereocenters. The fourth-order valence-electron chi connectivity index (χ4n) is 5.75. The van der Waals surface area contributed by atoms with Crippen molar-refractivity contribution in [2.24, 2.45) is 5.92 Å². The summed E-state index contributed by atoms with van der Waals surface area (Å²) in [7, 11) is 0. The van der Waals surface area contributed by atoms with Crippen LogP contribution in [-0.2, 0) is 9.59 Å². The minimum Gasteiger partial charge on any atom is -0.508 e. The summed E-state index contributed by atoms with van der Waals surface area (Å²) in [5.74, 6) is 0.0397. The fourth-order valence-corrected chi connectivity index (χ4v) is 5.75. The van der Waals surface area contributed by atoms with Crippen LogP contribution in [0.15, 0.2) is 42.5 Å². The van der Waals surface area contributed by atoms with Gasteiger partial charge in [-0.2, -0.15) is 0 Å². The predicted octanol–water partition coefficient (Wildman–Crippen LogP) is 3.40. The summed E-state index contributed by atoms with van der Waals surface area (Å²) in [6.45, 7) is 6.99. The SMILES string of the molecule is CC(C)c1cc(NC(=O)[C@@H]2CCN(CC(=O)N3C[C@H]4C[C@@H]3CN4c3cccc(F)c3)C2)ccc1O. The van der Waals surface area contributed by atoms with Crippen molar-refractivity contribution in [3.63, 3.8) is 0 Å². The molecule has 0 unspecified atom stereocenters. The largest absolute Gasteiger partial charge is 0.508 e. The third-order valence-corrected chi connectivity index (χ3v) is 7.62. The number of anilines is 2. The lowest BCUT2D eigenvalue weighted by Gasteiger charge is -2.36. The van der Waals surface area contributed by atoms with E-state index in [1.165, 1.54) is 6.07 Å². The van der Waals surface area contributed by atoms with E-state index in [1.807, 2.05) is 30.9 Å². The van der Waals surface area contributed by atoms with Crippen LogP contribution in [0.4, 0.5) is 15.8 Å². The monoisotopic (exact) mass is 480 g/mol. The second-order valence-electron chi connectivity index (χ2n) is 10.4. The van der Waals surface area contributed by atoms with Crippen LogP contribution in [0.1, 0.15) is 38.2 Å². The lowest BCUT2D eigenvalue weighted by atomic mass is 10.0. The quantitative estimate of drug-likeness (QED) is 0.620. The van der Waals surface area contributed by atoms with Gasteiger partial charge in [0.1, 0.15) is 11.6 Å². The Balaban J connectivity index is 1.12. The van der Waals surface area contributed by atoms with Gasteiger partial charge in [0.25, 0.3) is 0 Å². The number of fused-ring (bicyclic) bond motifs is 2. The Kier molecular flexibility index (Phi) is 6.40. The Bertz CT molecular complexity index is 1120. The second-order valence-corrected chi connectivity index (χ2v) is 10.4. The second kappa shape index (κ2) is 9.49. The molecule has 2 aromatic rings. The molecule has 0 saturated carbocycles. The Morgan fingerprint density at radius 3 is 2.66 bits per heavy atom. The first-order chi connectivity index (χ1) is 16.8. The van der Waals surface area contributed by atoms with Gasteiger partial charge in [-0.15, -0.1) is 0 Å². The van der Waals surface area contributed by atoms with E-state index in [1.54, 1.807) is 24.3 Å². The molecule has 3 heterocycles. The molecule has 2 aromatic carbocycles. The number of hydrogen-bond donors (Lipinski definition) is 2. The summed E-state index contributed by atoms with van der Waals surface area (Å²) in [6.07, 6.45) is 1.63. The summed E-state index contributed by atoms with van der Waals surface area (Å²) in [5, 5.41) is 13.0. The number of likely N-dealkylation sites (tertiary alicyclic amines) is 2. The zero-order valence-corrected chi connectivity index (χ0v) is 20.3. The zero-order chi connectivity index (χ0) is 24.7. The smallest absolute Gasteiger partial charge is 0.237 e. The maximum absolute atomic E-state index is 13.6. The van der Waals surface area contributed by atoms with Gasteiger partial charge in [0, 0.05) is 37.1 Å². The lowest BCUT2D eigenvalue weighted by molar-refractivity contribution is -0.133. The van der Waals surface area contributed by atoms with Crippen LogP contribution in [0.5, 0.6) is 5.75 Å². The Labute approximate surface area is 205 Å². The molecule has 3 aliphatic heterocycles. The maximum atomic E-state index is 13.6.